The number of halogens is 1. The van der Waals surface area contributed by atoms with Crippen LogP contribution in [0, 0.1) is 10.2 Å². The molecular formula is C28H31ClN2O4. The number of piperidine rings is 1. The zero-order valence-electron chi connectivity index (χ0n) is 19.8. The van der Waals surface area contributed by atoms with Crippen molar-refractivity contribution in [1.82, 2.24) is 0 Å². The van der Waals surface area contributed by atoms with Crippen molar-refractivity contribution >= 4 is 17.0 Å². The Bertz CT molecular complexity index is 1080. The van der Waals surface area contributed by atoms with Gasteiger partial charge in [-0.3, -0.25) is 0 Å². The number of rotatable bonds is 3. The van der Waals surface area contributed by atoms with Crippen LogP contribution >= 0.6 is 0 Å². The topological polar surface area (TPSA) is 98.5 Å². The van der Waals surface area contributed by atoms with Crippen molar-refractivity contribution in [2.75, 3.05) is 31.1 Å². The minimum Gasteiger partial charge on any atom is -0.372 e. The number of hydrogen-bond acceptors (Lipinski definition) is 5. The standard InChI is InChI=1S/C28H31N2.ClHO4/c1-3-9-23(10-4-1)28(25-13-17-27(18-14-25)30-21-7-8-22-30)24-11-15-26(16-12-24)29-19-5-2-6-20-29;2-1(3,4)5/h1,3-4,9-18H,2,5-8,19-22H2;(H,2,3,4,5)/q+1;/p-1. The molecule has 3 aliphatic rings. The van der Waals surface area contributed by atoms with E-state index in [0.29, 0.717) is 0 Å². The van der Waals surface area contributed by atoms with Crippen LogP contribution in [0.4, 0.5) is 5.69 Å². The van der Waals surface area contributed by atoms with Gasteiger partial charge in [-0.05, 0) is 65.8 Å². The van der Waals surface area contributed by atoms with Crippen LogP contribution in [0.25, 0.3) is 5.57 Å². The highest BCUT2D eigenvalue weighted by Gasteiger charge is 2.18. The smallest absolute Gasteiger partial charge is 0.199 e. The summed E-state index contributed by atoms with van der Waals surface area (Å²) in [5.41, 5.74) is 7.87. The van der Waals surface area contributed by atoms with Crippen molar-refractivity contribution in [2.24, 2.45) is 0 Å². The molecule has 0 unspecified atom stereocenters. The molecule has 2 aliphatic heterocycles. The monoisotopic (exact) mass is 494 g/mol. The normalized spacial score (nSPS) is 17.9. The molecule has 0 amide bonds. The summed E-state index contributed by atoms with van der Waals surface area (Å²) < 4.78 is 36.5. The van der Waals surface area contributed by atoms with Gasteiger partial charge in [-0.2, -0.15) is 0 Å². The van der Waals surface area contributed by atoms with Crippen molar-refractivity contribution in [3.05, 3.63) is 95.6 Å². The van der Waals surface area contributed by atoms with Crippen LogP contribution in [0.15, 0.2) is 84.5 Å². The molecule has 35 heavy (non-hydrogen) atoms. The summed E-state index contributed by atoms with van der Waals surface area (Å²) in [5.74, 6) is 0. The first-order valence-corrected chi connectivity index (χ1v) is 13.4. The third-order valence-electron chi connectivity index (χ3n) is 6.57. The molecule has 2 fully saturated rings. The quantitative estimate of drug-likeness (QED) is 0.595. The number of benzene rings is 2. The fourth-order valence-electron chi connectivity index (χ4n) is 4.91. The number of allylic oxidation sites excluding steroid dienone is 5. The van der Waals surface area contributed by atoms with Gasteiger partial charge in [0.2, 0.25) is 0 Å². The number of nitrogens with zero attached hydrogens (tertiary/aromatic N) is 2. The van der Waals surface area contributed by atoms with Gasteiger partial charge in [-0.15, -0.1) is 10.2 Å². The maximum absolute atomic E-state index is 8.49. The van der Waals surface area contributed by atoms with Crippen LogP contribution in [0.1, 0.15) is 43.2 Å². The van der Waals surface area contributed by atoms with Gasteiger partial charge in [0.25, 0.3) is 0 Å². The lowest BCUT2D eigenvalue weighted by molar-refractivity contribution is -2.00. The third-order valence-corrected chi connectivity index (χ3v) is 6.57. The lowest BCUT2D eigenvalue weighted by atomic mass is 9.90. The molecule has 5 rings (SSSR count). The van der Waals surface area contributed by atoms with E-state index in [2.05, 4.69) is 88.4 Å². The van der Waals surface area contributed by atoms with E-state index in [1.165, 1.54) is 92.0 Å². The van der Waals surface area contributed by atoms with E-state index >= 15 is 0 Å². The Morgan fingerprint density at radius 2 is 1.20 bits per heavy atom. The van der Waals surface area contributed by atoms with Gasteiger partial charge >= 0.3 is 0 Å². The number of anilines is 1. The molecule has 2 aromatic rings. The predicted molar refractivity (Wildman–Crippen MR) is 127 cm³/mol. The Balaban J connectivity index is 0.000000527. The molecule has 0 spiro atoms. The Hall–Kier alpha value is -2.74. The largest absolute Gasteiger partial charge is 0.372 e. The van der Waals surface area contributed by atoms with Crippen LogP contribution < -0.4 is 23.5 Å². The molecule has 0 saturated carbocycles. The number of hydrogen-bond donors (Lipinski definition) is 0. The second kappa shape index (κ2) is 11.8. The molecule has 2 aromatic carbocycles. The van der Waals surface area contributed by atoms with Crippen LogP contribution in [-0.4, -0.2) is 36.5 Å². The fourth-order valence-corrected chi connectivity index (χ4v) is 4.91. The predicted octanol–water partition coefficient (Wildman–Crippen LogP) is 1.10. The average Bonchev–Trinajstić information content (AvgIpc) is 3.41. The maximum atomic E-state index is 8.49. The van der Waals surface area contributed by atoms with E-state index in [-0.39, 0.29) is 0 Å². The molecule has 0 atom stereocenters. The Morgan fingerprint density at radius 3 is 1.77 bits per heavy atom. The van der Waals surface area contributed by atoms with Crippen molar-refractivity contribution in [2.45, 2.75) is 32.1 Å². The van der Waals surface area contributed by atoms with Crippen LogP contribution in [0.2, 0.25) is 0 Å². The minimum absolute atomic E-state index is 1.19. The molecule has 2 heterocycles. The molecular weight excluding hydrogens is 464 g/mol. The second-order valence-electron chi connectivity index (χ2n) is 8.95. The second-order valence-corrected chi connectivity index (χ2v) is 9.71. The van der Waals surface area contributed by atoms with E-state index in [0.717, 1.165) is 0 Å². The Labute approximate surface area is 209 Å². The SMILES string of the molecule is C1=CC(=[N+]2CCCCC2)C=CC1=C(c1ccccc1)c1ccc(N2CCCC2)cc1.[O-][Cl+3]([O-])([O-])[O-]. The first kappa shape index (κ1) is 25.4. The summed E-state index contributed by atoms with van der Waals surface area (Å²) in [6, 6.07) is 20.0. The molecule has 0 radical (unpaired) electrons. The van der Waals surface area contributed by atoms with Crippen molar-refractivity contribution in [3.8, 4) is 0 Å². The highest BCUT2D eigenvalue weighted by Crippen LogP contribution is 2.31. The van der Waals surface area contributed by atoms with Gasteiger partial charge in [-0.25, -0.2) is 23.2 Å². The Morgan fingerprint density at radius 1 is 0.657 bits per heavy atom. The maximum Gasteiger partial charge on any atom is 0.199 e. The summed E-state index contributed by atoms with van der Waals surface area (Å²) in [6.45, 7) is 4.75. The molecule has 0 bridgehead atoms. The molecule has 0 N–H and O–H groups in total. The Kier molecular flexibility index (Phi) is 8.55. The summed E-state index contributed by atoms with van der Waals surface area (Å²) in [7, 11) is -4.94. The summed E-state index contributed by atoms with van der Waals surface area (Å²) in [4.78, 5) is 2.50. The lowest BCUT2D eigenvalue weighted by Gasteiger charge is -2.19. The van der Waals surface area contributed by atoms with Crippen LogP contribution in [-0.2, 0) is 0 Å². The van der Waals surface area contributed by atoms with Crippen molar-refractivity contribution in [1.29, 1.82) is 0 Å². The summed E-state index contributed by atoms with van der Waals surface area (Å²) in [5, 5.41) is 0. The molecule has 6 nitrogen and oxygen atoms in total. The first-order valence-electron chi connectivity index (χ1n) is 12.1. The van der Waals surface area contributed by atoms with Crippen LogP contribution in [0.5, 0.6) is 0 Å². The van der Waals surface area contributed by atoms with E-state index in [1.807, 2.05) is 0 Å². The van der Waals surface area contributed by atoms with Gasteiger partial charge in [0, 0.05) is 43.8 Å². The van der Waals surface area contributed by atoms with Gasteiger partial charge in [-0.1, -0.05) is 42.5 Å². The minimum atomic E-state index is -4.94. The first-order chi connectivity index (χ1) is 16.9. The molecule has 184 valence electrons. The third kappa shape index (κ3) is 7.37. The van der Waals surface area contributed by atoms with E-state index in [1.54, 1.807) is 0 Å². The average molecular weight is 495 g/mol. The highest BCUT2D eigenvalue weighted by molar-refractivity contribution is 6.04. The fraction of sp³-hybridized carbons (Fsp3) is 0.321. The lowest BCUT2D eigenvalue weighted by Crippen LogP contribution is -2.68. The summed E-state index contributed by atoms with van der Waals surface area (Å²) >= 11 is 0. The van der Waals surface area contributed by atoms with Gasteiger partial charge in [0.1, 0.15) is 13.1 Å². The molecule has 2 saturated heterocycles. The van der Waals surface area contributed by atoms with Gasteiger partial charge in [0.15, 0.2) is 5.71 Å². The van der Waals surface area contributed by atoms with E-state index in [4.69, 9.17) is 18.6 Å². The summed E-state index contributed by atoms with van der Waals surface area (Å²) in [6.07, 6.45) is 15.8. The molecule has 0 aromatic heterocycles. The molecule has 7 heteroatoms. The zero-order chi connectivity index (χ0) is 24.7. The van der Waals surface area contributed by atoms with Gasteiger partial charge < -0.3 is 4.90 Å². The van der Waals surface area contributed by atoms with Crippen LogP contribution in [0.3, 0.4) is 0 Å². The highest BCUT2D eigenvalue weighted by atomic mass is 35.7. The molecule has 1 aliphatic carbocycles. The van der Waals surface area contributed by atoms with E-state index < -0.39 is 10.2 Å². The van der Waals surface area contributed by atoms with Gasteiger partial charge in [0.05, 0.1) is 0 Å². The van der Waals surface area contributed by atoms with Crippen molar-refractivity contribution in [3.63, 3.8) is 0 Å². The van der Waals surface area contributed by atoms with Crippen molar-refractivity contribution < 1.29 is 33.5 Å². The zero-order valence-corrected chi connectivity index (χ0v) is 20.5. The van der Waals surface area contributed by atoms with E-state index in [9.17, 15) is 0 Å².